The van der Waals surface area contributed by atoms with Gasteiger partial charge in [-0.15, -0.1) is 0 Å². The van der Waals surface area contributed by atoms with Crippen LogP contribution < -0.4 is 10.9 Å². The van der Waals surface area contributed by atoms with Crippen LogP contribution >= 0.6 is 0 Å². The summed E-state index contributed by atoms with van der Waals surface area (Å²) in [5.41, 5.74) is 5.22. The maximum absolute atomic E-state index is 12.6. The molecule has 0 bridgehead atoms. The van der Waals surface area contributed by atoms with E-state index in [4.69, 9.17) is 18.6 Å². The van der Waals surface area contributed by atoms with E-state index in [9.17, 15) is 13.2 Å². The Morgan fingerprint density at radius 1 is 0.820 bits per heavy atom. The number of nitrogens with zero attached hydrogens (tertiary/aromatic N) is 3. The molecule has 4 aliphatic heterocycles. The average molecular weight is 704 g/mol. The highest BCUT2D eigenvalue weighted by Crippen LogP contribution is 2.41. The summed E-state index contributed by atoms with van der Waals surface area (Å²) in [6.07, 6.45) is 5.53. The van der Waals surface area contributed by atoms with Crippen LogP contribution in [0.4, 0.5) is 0 Å². The lowest BCUT2D eigenvalue weighted by atomic mass is 9.58. The highest BCUT2D eigenvalue weighted by atomic mass is 32.2. The number of hydrogen-bond acceptors (Lipinski definition) is 7. The van der Waals surface area contributed by atoms with Gasteiger partial charge in [0.05, 0.1) is 4.90 Å². The molecule has 2 saturated heterocycles. The third-order valence-electron chi connectivity index (χ3n) is 11.1. The van der Waals surface area contributed by atoms with E-state index in [1.165, 1.54) is 9.87 Å². The van der Waals surface area contributed by atoms with Crippen LogP contribution in [-0.2, 0) is 40.8 Å². The molecule has 2 atom stereocenters. The molecule has 268 valence electrons. The molecule has 3 aromatic rings. The minimum Gasteiger partial charge on any atom is -0.509 e. The zero-order valence-corrected chi connectivity index (χ0v) is 31.5. The van der Waals surface area contributed by atoms with E-state index in [2.05, 4.69) is 60.2 Å². The summed E-state index contributed by atoms with van der Waals surface area (Å²) in [5.74, 6) is 0.00271. The van der Waals surface area contributed by atoms with E-state index in [1.807, 2.05) is 42.5 Å². The van der Waals surface area contributed by atoms with Crippen LogP contribution in [0.1, 0.15) is 53.7 Å². The second kappa shape index (κ2) is 13.1. The number of allylic oxidation sites excluding steroid dienone is 1. The Bertz CT molecular complexity index is 1920. The Balaban J connectivity index is 0.000000178. The number of sulfonamides is 1. The molecule has 3 aromatic carbocycles. The second-order valence-electron chi connectivity index (χ2n) is 15.8. The Hall–Kier alpha value is -3.13. The smallest absolute Gasteiger partial charge is 0.503 e. The SMILES string of the molecule is CC1(C)O[B-]2(OCCC[N+]2(C)C)c2cc(/C=C/C(=O)c3ccccc3)ccc21.CN(C)S(=O)(=O)c1cccc2c1CO[B-]21OCCC[N+]1(C)C. The van der Waals surface area contributed by atoms with Crippen LogP contribution in [0.25, 0.3) is 6.08 Å². The number of carbonyl (C=O) groups is 1. The minimum atomic E-state index is -3.49. The molecular weight excluding hydrogens is 652 g/mol. The summed E-state index contributed by atoms with van der Waals surface area (Å²) in [4.78, 5) is 12.7. The number of carbonyl (C=O) groups excluding carboxylic acids is 1. The topological polar surface area (TPSA) is 91.4 Å². The van der Waals surface area contributed by atoms with E-state index in [0.29, 0.717) is 32.5 Å². The fourth-order valence-corrected chi connectivity index (χ4v) is 9.40. The van der Waals surface area contributed by atoms with Gasteiger partial charge in [0, 0.05) is 99.2 Å². The highest BCUT2D eigenvalue weighted by Gasteiger charge is 2.58. The lowest BCUT2D eigenvalue weighted by Gasteiger charge is -2.56. The summed E-state index contributed by atoms with van der Waals surface area (Å²) in [6.45, 7) is 4.49. The standard InChI is InChI=1S/C23H28BNO3.C14H23BN2O4S/c1-23(2)20-13-11-18(12-14-22(26)19-9-6-5-7-10-19)17-21(20)24(28-23)25(3,4)15-8-16-27-24;1-16(2)22(18,19)14-8-5-7-13-12(14)11-21-15(13)17(3,4)9-6-10-20-15/h5-7,9-14,17H,8,15-16H2,1-4H3;5,7-8H,6,9-11H2,1-4H3/b14-12+;. The Morgan fingerprint density at radius 2 is 1.46 bits per heavy atom. The Morgan fingerprint density at radius 3 is 2.08 bits per heavy atom. The van der Waals surface area contributed by atoms with Crippen LogP contribution in [0.5, 0.6) is 0 Å². The lowest BCUT2D eigenvalue weighted by Crippen LogP contribution is -2.75. The van der Waals surface area contributed by atoms with Crippen LogP contribution in [0, 0.1) is 0 Å². The summed E-state index contributed by atoms with van der Waals surface area (Å²) >= 11 is 0. The number of ketones is 1. The van der Waals surface area contributed by atoms with Crippen molar-refractivity contribution < 1.29 is 40.6 Å². The molecule has 0 aromatic heterocycles. The van der Waals surface area contributed by atoms with Crippen molar-refractivity contribution in [3.8, 4) is 0 Å². The predicted octanol–water partition coefficient (Wildman–Crippen LogP) is 3.60. The fourth-order valence-electron chi connectivity index (χ4n) is 8.27. The van der Waals surface area contributed by atoms with Crippen LogP contribution in [0.2, 0.25) is 0 Å². The Kier molecular flexibility index (Phi) is 9.62. The van der Waals surface area contributed by atoms with Gasteiger partial charge < -0.3 is 27.4 Å². The molecule has 4 aliphatic rings. The van der Waals surface area contributed by atoms with Crippen molar-refractivity contribution in [2.24, 2.45) is 0 Å². The van der Waals surface area contributed by atoms with Crippen LogP contribution in [0.15, 0.2) is 77.7 Å². The van der Waals surface area contributed by atoms with Crippen molar-refractivity contribution in [1.82, 2.24) is 4.31 Å². The average Bonchev–Trinajstić information content (AvgIpc) is 3.56. The third-order valence-corrected chi connectivity index (χ3v) is 13.0. The first-order valence-electron chi connectivity index (χ1n) is 17.5. The van der Waals surface area contributed by atoms with Crippen LogP contribution in [-0.4, -0.2) is 109 Å². The molecular formula is C37H51B2N3O7S. The van der Waals surface area contributed by atoms with Crippen molar-refractivity contribution in [3.63, 3.8) is 0 Å². The molecule has 2 spiro atoms. The number of quaternary nitrogens is 2. The molecule has 13 heteroatoms. The quantitative estimate of drug-likeness (QED) is 0.228. The van der Waals surface area contributed by atoms with Gasteiger partial charge in [-0.3, -0.25) is 4.79 Å². The summed E-state index contributed by atoms with van der Waals surface area (Å²) < 4.78 is 52.9. The van der Waals surface area contributed by atoms with E-state index in [0.717, 1.165) is 48.0 Å². The number of benzene rings is 3. The Labute approximate surface area is 297 Å². The molecule has 0 radical (unpaired) electrons. The molecule has 0 amide bonds. The molecule has 10 nitrogen and oxygen atoms in total. The van der Waals surface area contributed by atoms with Crippen LogP contribution in [0.3, 0.4) is 0 Å². The molecule has 4 heterocycles. The molecule has 2 fully saturated rings. The lowest BCUT2D eigenvalue weighted by molar-refractivity contribution is -0.813. The molecule has 0 aliphatic carbocycles. The van der Waals surface area contributed by atoms with Gasteiger partial charge in [-0.1, -0.05) is 77.7 Å². The first-order chi connectivity index (χ1) is 23.5. The van der Waals surface area contributed by atoms with E-state index < -0.39 is 29.0 Å². The normalized spacial score (nSPS) is 26.1. The number of hydrogen-bond donors (Lipinski definition) is 0. The molecule has 2 unspecified atom stereocenters. The number of fused-ring (bicyclic) bond motifs is 4. The first kappa shape index (κ1) is 36.7. The van der Waals surface area contributed by atoms with Gasteiger partial charge in [-0.05, 0) is 42.7 Å². The minimum absolute atomic E-state index is 0.00271. The molecule has 50 heavy (non-hydrogen) atoms. The van der Waals surface area contributed by atoms with Gasteiger partial charge in [0.25, 0.3) is 0 Å². The molecule has 0 saturated carbocycles. The van der Waals surface area contributed by atoms with Crippen molar-refractivity contribution in [3.05, 3.63) is 95.1 Å². The zero-order chi connectivity index (χ0) is 36.2. The van der Waals surface area contributed by atoms with E-state index >= 15 is 0 Å². The van der Waals surface area contributed by atoms with Crippen molar-refractivity contribution in [1.29, 1.82) is 0 Å². The van der Waals surface area contributed by atoms with Gasteiger partial charge in [0.15, 0.2) is 5.78 Å². The largest absolute Gasteiger partial charge is 0.509 e. The molecule has 7 rings (SSSR count). The van der Waals surface area contributed by atoms with E-state index in [-0.39, 0.29) is 12.4 Å². The van der Waals surface area contributed by atoms with Crippen molar-refractivity contribution in [2.75, 3.05) is 68.6 Å². The zero-order valence-electron chi connectivity index (χ0n) is 30.7. The fraction of sp³-hybridized carbons (Fsp3) is 0.432. The predicted molar refractivity (Wildman–Crippen MR) is 198 cm³/mol. The third kappa shape index (κ3) is 6.11. The second-order valence-corrected chi connectivity index (χ2v) is 17.9. The molecule has 0 N–H and O–H groups in total. The maximum atomic E-state index is 12.6. The van der Waals surface area contributed by atoms with E-state index in [1.54, 1.807) is 32.3 Å². The van der Waals surface area contributed by atoms with Gasteiger partial charge in [0.2, 0.25) is 10.0 Å². The monoisotopic (exact) mass is 703 g/mol. The van der Waals surface area contributed by atoms with Gasteiger partial charge in [0.1, 0.15) is 0 Å². The highest BCUT2D eigenvalue weighted by molar-refractivity contribution is 7.89. The summed E-state index contributed by atoms with van der Waals surface area (Å²) in [6, 6.07) is 21.0. The summed E-state index contributed by atoms with van der Waals surface area (Å²) in [7, 11) is 8.14. The van der Waals surface area contributed by atoms with Gasteiger partial charge in [-0.2, -0.15) is 0 Å². The van der Waals surface area contributed by atoms with Crippen molar-refractivity contribution >= 4 is 46.2 Å². The maximum Gasteiger partial charge on any atom is 0.503 e. The first-order valence-corrected chi connectivity index (χ1v) is 18.9. The van der Waals surface area contributed by atoms with Gasteiger partial charge >= 0.3 is 13.4 Å². The van der Waals surface area contributed by atoms with Gasteiger partial charge in [-0.25, -0.2) is 12.7 Å². The van der Waals surface area contributed by atoms with Crippen molar-refractivity contribution in [2.45, 2.75) is 43.8 Å². The number of rotatable bonds is 5. The summed E-state index contributed by atoms with van der Waals surface area (Å²) in [5, 5.41) is 0.